The molecule has 4 unspecified atom stereocenters. The van der Waals surface area contributed by atoms with Crippen LogP contribution in [-0.2, 0) is 19.2 Å². The number of anilines is 2. The van der Waals surface area contributed by atoms with Crippen molar-refractivity contribution in [2.24, 2.45) is 5.41 Å². The van der Waals surface area contributed by atoms with E-state index in [2.05, 4.69) is 31.7 Å². The highest BCUT2D eigenvalue weighted by atomic mass is 127. The Kier molecular flexibility index (Phi) is 21.1. The maximum absolute atomic E-state index is 14.7. The van der Waals surface area contributed by atoms with E-state index in [1.54, 1.807) is 17.4 Å². The molecule has 13 nitrogen and oxygen atoms in total. The number of likely N-dealkylation sites (tertiary alicyclic amines) is 1. The van der Waals surface area contributed by atoms with Crippen molar-refractivity contribution in [1.29, 1.82) is 0 Å². The van der Waals surface area contributed by atoms with E-state index in [4.69, 9.17) is 4.84 Å². The normalized spacial score (nSPS) is 15.8. The predicted molar refractivity (Wildman–Crippen MR) is 268 cm³/mol. The third kappa shape index (κ3) is 16.0. The number of aromatic nitrogens is 1. The molecule has 18 heteroatoms. The quantitative estimate of drug-likeness (QED) is 0.0215. The number of aliphatic hydroxyl groups is 1. The Hall–Kier alpha value is -4.63. The molecule has 0 aliphatic carbocycles. The van der Waals surface area contributed by atoms with E-state index < -0.39 is 52.6 Å². The van der Waals surface area contributed by atoms with E-state index in [1.807, 2.05) is 87.0 Å². The van der Waals surface area contributed by atoms with Crippen molar-refractivity contribution in [3.8, 4) is 10.4 Å². The number of hydrogen-bond donors (Lipinski definition) is 6. The Labute approximate surface area is 415 Å². The summed E-state index contributed by atoms with van der Waals surface area (Å²) in [5, 5.41) is 22.4. The summed E-state index contributed by atoms with van der Waals surface area (Å²) < 4.78 is 43.7. The maximum Gasteiger partial charge on any atom is 0.277 e. The van der Waals surface area contributed by atoms with Crippen molar-refractivity contribution in [2.75, 3.05) is 31.6 Å². The molecule has 0 radical (unpaired) electrons. The molecule has 1 aromatic heterocycles. The Balaban J connectivity index is 0.911. The Morgan fingerprint density at radius 3 is 2.24 bits per heavy atom. The number of unbranched alkanes of at least 4 members (excludes halogenated alkanes) is 7. The van der Waals surface area contributed by atoms with Gasteiger partial charge in [0, 0.05) is 23.0 Å². The minimum atomic E-state index is -1.31. The van der Waals surface area contributed by atoms with Crippen LogP contribution in [0, 0.1) is 33.4 Å². The number of nitrogens with one attached hydrogen (secondary N) is 5. The van der Waals surface area contributed by atoms with Crippen molar-refractivity contribution in [3.63, 3.8) is 0 Å². The highest BCUT2D eigenvalue weighted by Crippen LogP contribution is 2.31. The van der Waals surface area contributed by atoms with Crippen molar-refractivity contribution in [3.05, 3.63) is 98.0 Å². The number of carbonyl (C=O) groups excluding carboxylic acids is 4. The Bertz CT molecular complexity index is 2310. The molecule has 1 saturated heterocycles. The number of nitrogens with zero attached hydrogens (tertiary/aromatic N) is 2. The van der Waals surface area contributed by atoms with Gasteiger partial charge in [-0.05, 0) is 116 Å². The van der Waals surface area contributed by atoms with Crippen LogP contribution in [0.25, 0.3) is 10.4 Å². The number of β-amino-alcohol motifs (C(OH)–C–C–N with tert-alkyl or cyclic N) is 1. The van der Waals surface area contributed by atoms with Gasteiger partial charge < -0.3 is 31.3 Å². The zero-order chi connectivity index (χ0) is 49.4. The van der Waals surface area contributed by atoms with Gasteiger partial charge in [0.05, 0.1) is 51.8 Å². The highest BCUT2D eigenvalue weighted by Gasteiger charge is 2.44. The fourth-order valence-electron chi connectivity index (χ4n) is 8.00. The van der Waals surface area contributed by atoms with Crippen LogP contribution in [0.4, 0.5) is 24.5 Å². The van der Waals surface area contributed by atoms with Crippen LogP contribution in [0.5, 0.6) is 0 Å². The molecule has 370 valence electrons. The topological polar surface area (TPSA) is 174 Å². The first kappa shape index (κ1) is 54.3. The lowest BCUT2D eigenvalue weighted by atomic mass is 9.85. The van der Waals surface area contributed by atoms with Gasteiger partial charge in [-0.25, -0.2) is 23.6 Å². The molecule has 0 spiro atoms. The van der Waals surface area contributed by atoms with Crippen LogP contribution in [0.1, 0.15) is 126 Å². The van der Waals surface area contributed by atoms with Gasteiger partial charge in [-0.1, -0.05) is 83.6 Å². The number of aryl methyl sites for hydroxylation is 1. The third-order valence-electron chi connectivity index (χ3n) is 11.9. The van der Waals surface area contributed by atoms with E-state index in [-0.39, 0.29) is 61.0 Å². The lowest BCUT2D eigenvalue weighted by molar-refractivity contribution is -0.144. The molecule has 4 amide bonds. The molecule has 3 aromatic carbocycles. The predicted octanol–water partition coefficient (Wildman–Crippen LogP) is 9.41. The third-order valence-corrected chi connectivity index (χ3v) is 13.5. The van der Waals surface area contributed by atoms with Crippen LogP contribution in [0.3, 0.4) is 0 Å². The summed E-state index contributed by atoms with van der Waals surface area (Å²) >= 11 is 3.50. The highest BCUT2D eigenvalue weighted by molar-refractivity contribution is 14.1. The van der Waals surface area contributed by atoms with Gasteiger partial charge in [-0.2, -0.15) is 0 Å². The number of benzene rings is 3. The number of amides is 4. The molecule has 0 saturated carbocycles. The number of aliphatic hydroxyl groups excluding tert-OH is 1. The molecule has 0 bridgehead atoms. The summed E-state index contributed by atoms with van der Waals surface area (Å²) in [4.78, 5) is 65.7. The molecule has 1 fully saturated rings. The van der Waals surface area contributed by atoms with Crippen LogP contribution in [0.15, 0.2) is 60.1 Å². The summed E-state index contributed by atoms with van der Waals surface area (Å²) in [5.41, 5.74) is 5.50. The average molecular weight is 1080 g/mol. The maximum atomic E-state index is 14.7. The summed E-state index contributed by atoms with van der Waals surface area (Å²) in [5.74, 6) is -4.93. The second-order valence-electron chi connectivity index (χ2n) is 18.4. The van der Waals surface area contributed by atoms with Gasteiger partial charge in [0.2, 0.25) is 17.7 Å². The zero-order valence-corrected chi connectivity index (χ0v) is 42.5. The van der Waals surface area contributed by atoms with E-state index in [9.17, 15) is 37.5 Å². The van der Waals surface area contributed by atoms with E-state index in [0.29, 0.717) is 23.0 Å². The van der Waals surface area contributed by atoms with Gasteiger partial charge in [0.15, 0.2) is 11.6 Å². The SMILES string of the molecule is Cc1ncsc1-c1ccc(C(C)NC(=O)C2CC(O)CN2C(=O)C(NC(=O)CCCCCCCCCCNCCCONC(=O)c2ccc(F)c(F)c2Nc2ccc(I)cc2F)C(C)(C)C)cc1. The number of thiazole rings is 1. The lowest BCUT2D eigenvalue weighted by Crippen LogP contribution is -2.57. The number of hydroxylamine groups is 1. The first-order valence-electron chi connectivity index (χ1n) is 23.4. The molecular formula is C50H65F3IN7O6S. The minimum absolute atomic E-state index is 0.0141. The minimum Gasteiger partial charge on any atom is -0.391 e. The number of rotatable bonds is 25. The molecule has 68 heavy (non-hydrogen) atoms. The van der Waals surface area contributed by atoms with Crippen molar-refractivity contribution in [2.45, 2.75) is 129 Å². The fraction of sp³-hybridized carbons (Fsp3) is 0.500. The lowest BCUT2D eigenvalue weighted by Gasteiger charge is -2.35. The van der Waals surface area contributed by atoms with Gasteiger partial charge >= 0.3 is 0 Å². The van der Waals surface area contributed by atoms with E-state index in [1.165, 1.54) is 17.0 Å². The van der Waals surface area contributed by atoms with Crippen molar-refractivity contribution in [1.82, 2.24) is 31.3 Å². The van der Waals surface area contributed by atoms with E-state index in [0.717, 1.165) is 85.3 Å². The number of halogens is 4. The first-order valence-corrected chi connectivity index (χ1v) is 25.3. The van der Waals surface area contributed by atoms with Crippen LogP contribution in [0.2, 0.25) is 0 Å². The summed E-state index contributed by atoms with van der Waals surface area (Å²) in [6.07, 6.45) is 8.04. The van der Waals surface area contributed by atoms with Crippen LogP contribution < -0.4 is 26.7 Å². The standard InChI is InChI=1S/C50H65F3IN7O6S/c1-31(33-16-18-34(19-17-33)45-32(2)56-30-68-45)57-48(65)41-28-36(62)29-61(41)49(66)46(50(3,4)5)59-42(63)15-12-10-8-6-7-9-11-13-24-55-25-14-26-67-60-47(64)37-21-22-38(51)43(53)44(37)58-40-23-20-35(54)27-39(40)52/h16-23,27,30-31,36,41,46,55,58,62H,6-15,24-26,28-29H2,1-5H3,(H,57,65)(H,59,63)(H,60,64). The molecule has 2 heterocycles. The van der Waals surface area contributed by atoms with Gasteiger partial charge in [0.25, 0.3) is 5.91 Å². The largest absolute Gasteiger partial charge is 0.391 e. The fourth-order valence-corrected chi connectivity index (χ4v) is 9.26. The van der Waals surface area contributed by atoms with Crippen LogP contribution in [-0.4, -0.2) is 83.0 Å². The second kappa shape index (κ2) is 26.4. The van der Waals surface area contributed by atoms with Crippen molar-refractivity contribution >= 4 is 68.9 Å². The molecule has 5 rings (SSSR count). The second-order valence-corrected chi connectivity index (χ2v) is 20.5. The smallest absolute Gasteiger partial charge is 0.277 e. The number of hydrogen-bond acceptors (Lipinski definition) is 10. The van der Waals surface area contributed by atoms with Gasteiger partial charge in [-0.3, -0.25) is 24.0 Å². The Morgan fingerprint density at radius 2 is 1.57 bits per heavy atom. The van der Waals surface area contributed by atoms with E-state index >= 15 is 0 Å². The first-order chi connectivity index (χ1) is 32.4. The Morgan fingerprint density at radius 1 is 0.897 bits per heavy atom. The molecule has 4 aromatic rings. The molecule has 4 atom stereocenters. The van der Waals surface area contributed by atoms with Crippen LogP contribution >= 0.6 is 33.9 Å². The molecule has 1 aliphatic rings. The molecular weight excluding hydrogens is 1010 g/mol. The summed E-state index contributed by atoms with van der Waals surface area (Å²) in [7, 11) is 0. The summed E-state index contributed by atoms with van der Waals surface area (Å²) in [6, 6.07) is 12.0. The number of carbonyl (C=O) groups is 4. The molecule has 6 N–H and O–H groups in total. The van der Waals surface area contributed by atoms with Gasteiger partial charge in [-0.15, -0.1) is 11.3 Å². The van der Waals surface area contributed by atoms with Crippen molar-refractivity contribution < 1.29 is 42.3 Å². The molecule has 1 aliphatic heterocycles. The summed E-state index contributed by atoms with van der Waals surface area (Å²) in [6.45, 7) is 11.2. The monoisotopic (exact) mass is 1080 g/mol. The van der Waals surface area contributed by atoms with Gasteiger partial charge in [0.1, 0.15) is 17.9 Å². The average Bonchev–Trinajstić information content (AvgIpc) is 3.92. The zero-order valence-electron chi connectivity index (χ0n) is 39.5.